The Morgan fingerprint density at radius 2 is 1.50 bits per heavy atom. The number of aromatic nitrogens is 2. The van der Waals surface area contributed by atoms with E-state index in [0.717, 1.165) is 12.0 Å². The van der Waals surface area contributed by atoms with Crippen molar-refractivity contribution in [3.05, 3.63) is 94.4 Å². The molecule has 0 radical (unpaired) electrons. The van der Waals surface area contributed by atoms with Gasteiger partial charge in [-0.2, -0.15) is 0 Å². The van der Waals surface area contributed by atoms with Gasteiger partial charge in [0, 0.05) is 13.5 Å². The van der Waals surface area contributed by atoms with Crippen LogP contribution in [0.15, 0.2) is 77.6 Å². The fourth-order valence-corrected chi connectivity index (χ4v) is 6.29. The molecule has 2 fully saturated rings. The lowest BCUT2D eigenvalue weighted by Crippen LogP contribution is -2.54. The number of rotatable bonds is 6. The number of imide groups is 1. The van der Waals surface area contributed by atoms with Crippen molar-refractivity contribution in [3.63, 3.8) is 0 Å². The molecule has 9 heteroatoms. The van der Waals surface area contributed by atoms with Crippen LogP contribution in [-0.2, 0) is 23.1 Å². The lowest BCUT2D eigenvalue weighted by atomic mass is 9.85. The first-order chi connectivity index (χ1) is 18.3. The molecule has 194 valence electrons. The van der Waals surface area contributed by atoms with Gasteiger partial charge in [0.1, 0.15) is 11.9 Å². The number of benzene rings is 2. The summed E-state index contributed by atoms with van der Waals surface area (Å²) in [6, 6.07) is 17.9. The number of nitrogens with one attached hydrogen (secondary N) is 2. The summed E-state index contributed by atoms with van der Waals surface area (Å²) in [7, 11) is 1.74. The zero-order valence-corrected chi connectivity index (χ0v) is 21.2. The summed E-state index contributed by atoms with van der Waals surface area (Å²) in [5, 5.41) is 5.53. The highest BCUT2D eigenvalue weighted by atomic mass is 16.2. The quantitative estimate of drug-likeness (QED) is 0.392. The van der Waals surface area contributed by atoms with Gasteiger partial charge < -0.3 is 10.6 Å². The maximum absolute atomic E-state index is 13.5. The number of hydrogen-bond acceptors (Lipinski definition) is 4. The highest BCUT2D eigenvalue weighted by Gasteiger charge is 2.60. The molecule has 38 heavy (non-hydrogen) atoms. The Bertz CT molecular complexity index is 1480. The Morgan fingerprint density at radius 1 is 0.921 bits per heavy atom. The molecule has 5 atom stereocenters. The van der Waals surface area contributed by atoms with Crippen molar-refractivity contribution in [2.45, 2.75) is 25.9 Å². The lowest BCUT2D eigenvalue weighted by molar-refractivity contribution is -0.143. The molecule has 1 saturated carbocycles. The Kier molecular flexibility index (Phi) is 5.78. The van der Waals surface area contributed by atoms with Gasteiger partial charge in [-0.1, -0.05) is 60.7 Å². The number of amides is 4. The van der Waals surface area contributed by atoms with Gasteiger partial charge in [0.15, 0.2) is 0 Å². The van der Waals surface area contributed by atoms with Crippen LogP contribution in [0.3, 0.4) is 0 Å². The first-order valence-corrected chi connectivity index (χ1v) is 12.9. The molecule has 2 N–H and O–H groups in total. The highest BCUT2D eigenvalue weighted by molar-refractivity contribution is 6.07. The zero-order chi connectivity index (χ0) is 26.6. The predicted octanol–water partition coefficient (Wildman–Crippen LogP) is 2.98. The number of nitrogens with zero attached hydrogens (tertiary/aromatic N) is 3. The van der Waals surface area contributed by atoms with E-state index in [0.29, 0.717) is 11.4 Å². The second-order valence-corrected chi connectivity index (χ2v) is 10.3. The fraction of sp³-hybridized carbons (Fsp3) is 0.310. The normalized spacial score (nSPS) is 24.1. The molecule has 5 unspecified atom stereocenters. The summed E-state index contributed by atoms with van der Waals surface area (Å²) in [5.41, 5.74) is 1.86. The number of fused-ring (bicyclic) bond motifs is 5. The summed E-state index contributed by atoms with van der Waals surface area (Å²) in [6.07, 6.45) is 4.29. The van der Waals surface area contributed by atoms with Crippen molar-refractivity contribution >= 4 is 23.5 Å². The van der Waals surface area contributed by atoms with Gasteiger partial charge in [-0.05, 0) is 42.9 Å². The minimum atomic E-state index is -0.886. The van der Waals surface area contributed by atoms with Gasteiger partial charge in [-0.15, -0.1) is 0 Å². The molecular formula is C29H29N5O4. The van der Waals surface area contributed by atoms with Crippen LogP contribution in [0.25, 0.3) is 5.69 Å². The second kappa shape index (κ2) is 9.16. The van der Waals surface area contributed by atoms with E-state index < -0.39 is 12.2 Å². The molecule has 2 aromatic carbocycles. The molecule has 1 aliphatic heterocycles. The fourth-order valence-electron chi connectivity index (χ4n) is 6.29. The van der Waals surface area contributed by atoms with E-state index in [1.807, 2.05) is 72.8 Å². The molecule has 3 aliphatic rings. The van der Waals surface area contributed by atoms with Crippen molar-refractivity contribution in [2.75, 3.05) is 5.32 Å². The van der Waals surface area contributed by atoms with Gasteiger partial charge >= 0.3 is 6.03 Å². The lowest BCUT2D eigenvalue weighted by Gasteiger charge is -2.28. The van der Waals surface area contributed by atoms with E-state index in [1.54, 1.807) is 18.7 Å². The van der Waals surface area contributed by atoms with E-state index in [-0.39, 0.29) is 53.2 Å². The number of carbonyl (C=O) groups is 3. The molecule has 3 aromatic rings. The molecule has 9 nitrogen and oxygen atoms in total. The van der Waals surface area contributed by atoms with Crippen LogP contribution < -0.4 is 16.2 Å². The molecule has 2 heterocycles. The average Bonchev–Trinajstić information content (AvgIpc) is 3.65. The first-order valence-electron chi connectivity index (χ1n) is 12.9. The third-order valence-corrected chi connectivity index (χ3v) is 8.18. The van der Waals surface area contributed by atoms with Crippen molar-refractivity contribution in [1.29, 1.82) is 0 Å². The Labute approximate surface area is 219 Å². The first kappa shape index (κ1) is 24.0. The summed E-state index contributed by atoms with van der Waals surface area (Å²) in [4.78, 5) is 54.8. The van der Waals surface area contributed by atoms with Crippen LogP contribution in [0.4, 0.5) is 10.5 Å². The van der Waals surface area contributed by atoms with Crippen LogP contribution in [0.2, 0.25) is 0 Å². The molecule has 1 aromatic heterocycles. The summed E-state index contributed by atoms with van der Waals surface area (Å²) in [6.45, 7) is 1.75. The molecular weight excluding hydrogens is 482 g/mol. The number of urea groups is 1. The minimum absolute atomic E-state index is 0.0704. The van der Waals surface area contributed by atoms with Crippen molar-refractivity contribution in [1.82, 2.24) is 19.6 Å². The molecule has 4 amide bonds. The van der Waals surface area contributed by atoms with E-state index in [4.69, 9.17) is 0 Å². The maximum Gasteiger partial charge on any atom is 0.321 e. The largest absolute Gasteiger partial charge is 0.321 e. The topological polar surface area (TPSA) is 105 Å². The average molecular weight is 512 g/mol. The zero-order valence-electron chi connectivity index (χ0n) is 21.2. The molecule has 1 saturated heterocycles. The smallest absolute Gasteiger partial charge is 0.317 e. The van der Waals surface area contributed by atoms with Crippen molar-refractivity contribution in [3.8, 4) is 5.69 Å². The van der Waals surface area contributed by atoms with Gasteiger partial charge in [0.05, 0.1) is 23.2 Å². The van der Waals surface area contributed by atoms with Crippen LogP contribution in [0.5, 0.6) is 0 Å². The number of likely N-dealkylation sites (tertiary alicyclic amines) is 1. The van der Waals surface area contributed by atoms with Gasteiger partial charge in [0.25, 0.3) is 5.56 Å². The number of anilines is 1. The molecule has 6 rings (SSSR count). The Morgan fingerprint density at radius 3 is 2.11 bits per heavy atom. The minimum Gasteiger partial charge on any atom is -0.317 e. The summed E-state index contributed by atoms with van der Waals surface area (Å²) < 4.78 is 3.15. The summed E-state index contributed by atoms with van der Waals surface area (Å²) in [5.74, 6) is -1.06. The van der Waals surface area contributed by atoms with E-state index in [9.17, 15) is 19.2 Å². The van der Waals surface area contributed by atoms with Crippen LogP contribution in [0, 0.1) is 30.6 Å². The van der Waals surface area contributed by atoms with Crippen LogP contribution in [0.1, 0.15) is 17.7 Å². The van der Waals surface area contributed by atoms with Crippen molar-refractivity contribution < 1.29 is 14.4 Å². The van der Waals surface area contributed by atoms with Crippen LogP contribution >= 0.6 is 0 Å². The number of hydrogen-bond donors (Lipinski definition) is 2. The Balaban J connectivity index is 1.28. The maximum atomic E-state index is 13.5. The third-order valence-electron chi connectivity index (χ3n) is 8.18. The Hall–Kier alpha value is -4.40. The number of para-hydroxylation sites is 1. The number of allylic oxidation sites excluding steroid dienone is 2. The monoisotopic (exact) mass is 511 g/mol. The van der Waals surface area contributed by atoms with Gasteiger partial charge in [0.2, 0.25) is 11.8 Å². The van der Waals surface area contributed by atoms with Gasteiger partial charge in [-0.25, -0.2) is 9.48 Å². The highest BCUT2D eigenvalue weighted by Crippen LogP contribution is 2.52. The van der Waals surface area contributed by atoms with E-state index in [1.165, 1.54) is 9.58 Å². The SMILES string of the molecule is Cc1c(NC(=O)NC(Cc2ccccc2)N2C(=O)C3C4C=CC(C4)C3C2=O)c(=O)n(-c2ccccc2)n1C. The van der Waals surface area contributed by atoms with Crippen LogP contribution in [-0.4, -0.2) is 38.3 Å². The molecule has 2 bridgehead atoms. The summed E-state index contributed by atoms with van der Waals surface area (Å²) >= 11 is 0. The standard InChI is InChI=1S/C29H29N5O4/c1-17-25(28(37)34(32(17)2)21-11-7-4-8-12-21)31-29(38)30-22(15-18-9-5-3-6-10-18)33-26(35)23-19-13-14-20(16-19)24(23)27(33)36/h3-14,19-20,22-24H,15-16H2,1-2H3,(H2,30,31,38). The predicted molar refractivity (Wildman–Crippen MR) is 141 cm³/mol. The molecule has 2 aliphatic carbocycles. The number of carbonyl (C=O) groups excluding carboxylic acids is 3. The van der Waals surface area contributed by atoms with Gasteiger partial charge in [-0.3, -0.25) is 24.0 Å². The van der Waals surface area contributed by atoms with E-state index in [2.05, 4.69) is 10.6 Å². The van der Waals surface area contributed by atoms with Crippen molar-refractivity contribution in [2.24, 2.45) is 30.7 Å². The second-order valence-electron chi connectivity index (χ2n) is 10.3. The molecule has 0 spiro atoms. The van der Waals surface area contributed by atoms with E-state index >= 15 is 0 Å². The third kappa shape index (κ3) is 3.77.